The SMILES string of the molecule is CCCCCCCCOc1cc2c(cc1OCCCCCCCC)c1sc3cc(C(=O)OCC)c4sc5c6cc(OCCCCCCCC)c(OCCCCCCCC)cc6c6sccc6c5c4c3c1c1ccsc21. The molecule has 10 heteroatoms. The summed E-state index contributed by atoms with van der Waals surface area (Å²) in [5.74, 6) is 3.02. The van der Waals surface area contributed by atoms with E-state index in [1.807, 2.05) is 6.92 Å². The summed E-state index contributed by atoms with van der Waals surface area (Å²) in [6, 6.07) is 15.8. The zero-order valence-electron chi connectivity index (χ0n) is 45.8. The van der Waals surface area contributed by atoms with E-state index in [0.29, 0.717) is 38.6 Å². The van der Waals surface area contributed by atoms with Crippen molar-refractivity contribution in [1.82, 2.24) is 0 Å². The molecule has 4 heterocycles. The molecule has 6 nitrogen and oxygen atoms in total. The molecule has 0 radical (unpaired) electrons. The number of benzene rings is 5. The number of fused-ring (bicyclic) bond motifs is 17. The fraction of sp³-hybridized carbons (Fsp3) is 0.523. The summed E-state index contributed by atoms with van der Waals surface area (Å²) in [5.41, 5.74) is 0.626. The highest BCUT2D eigenvalue weighted by Gasteiger charge is 2.28. The Balaban J connectivity index is 1.21. The molecule has 0 N–H and O–H groups in total. The van der Waals surface area contributed by atoms with Crippen LogP contribution in [0.3, 0.4) is 0 Å². The zero-order chi connectivity index (χ0) is 51.9. The number of carbonyl (C=O) groups is 1. The maximum absolute atomic E-state index is 14.4. The maximum atomic E-state index is 14.4. The monoisotopic (exact) mass is 1090 g/mol. The van der Waals surface area contributed by atoms with E-state index in [4.69, 9.17) is 23.7 Å². The second-order valence-electron chi connectivity index (χ2n) is 20.8. The largest absolute Gasteiger partial charge is 0.490 e. The lowest BCUT2D eigenvalue weighted by Crippen LogP contribution is -2.04. The fourth-order valence-corrected chi connectivity index (χ4v) is 15.6. The third-order valence-electron chi connectivity index (χ3n) is 15.1. The van der Waals surface area contributed by atoms with Crippen molar-refractivity contribution >= 4 is 133 Å². The number of carbonyl (C=O) groups excluding carboxylic acids is 1. The minimum absolute atomic E-state index is 0.282. The Kier molecular flexibility index (Phi) is 20.5. The molecule has 5 aromatic carbocycles. The lowest BCUT2D eigenvalue weighted by atomic mass is 9.96. The van der Waals surface area contributed by atoms with Gasteiger partial charge in [-0.15, -0.1) is 45.3 Å². The molecule has 402 valence electrons. The van der Waals surface area contributed by atoms with Crippen molar-refractivity contribution < 1.29 is 28.5 Å². The lowest BCUT2D eigenvalue weighted by molar-refractivity contribution is 0.0529. The van der Waals surface area contributed by atoms with Gasteiger partial charge in [-0.1, -0.05) is 156 Å². The summed E-state index contributed by atoms with van der Waals surface area (Å²) in [5, 5.41) is 16.4. The van der Waals surface area contributed by atoms with Crippen LogP contribution in [0.2, 0.25) is 0 Å². The molecule has 0 saturated heterocycles. The molecule has 0 unspecified atom stereocenters. The van der Waals surface area contributed by atoms with Crippen LogP contribution in [0.1, 0.15) is 199 Å². The van der Waals surface area contributed by atoms with Crippen molar-refractivity contribution in [1.29, 1.82) is 0 Å². The van der Waals surface area contributed by atoms with Crippen molar-refractivity contribution in [3.05, 3.63) is 58.8 Å². The Labute approximate surface area is 462 Å². The van der Waals surface area contributed by atoms with Crippen LogP contribution in [-0.4, -0.2) is 39.0 Å². The van der Waals surface area contributed by atoms with E-state index >= 15 is 0 Å². The quantitative estimate of drug-likeness (QED) is 0.0296. The van der Waals surface area contributed by atoms with Crippen molar-refractivity contribution in [3.8, 4) is 23.0 Å². The molecular weight excluding hydrogens is 1000 g/mol. The van der Waals surface area contributed by atoms with Gasteiger partial charge in [0, 0.05) is 77.4 Å². The Morgan fingerprint density at radius 2 is 0.733 bits per heavy atom. The zero-order valence-corrected chi connectivity index (χ0v) is 49.1. The predicted octanol–water partition coefficient (Wildman–Crippen LogP) is 22.3. The first-order chi connectivity index (χ1) is 37.0. The van der Waals surface area contributed by atoms with E-state index in [1.165, 1.54) is 179 Å². The van der Waals surface area contributed by atoms with Crippen LogP contribution in [0.15, 0.2) is 53.2 Å². The number of ether oxygens (including phenoxy) is 5. The first-order valence-corrected chi connectivity index (χ1v) is 32.7. The second kappa shape index (κ2) is 27.8. The van der Waals surface area contributed by atoms with Gasteiger partial charge in [0.25, 0.3) is 0 Å². The van der Waals surface area contributed by atoms with Gasteiger partial charge in [0.15, 0.2) is 23.0 Å². The summed E-state index contributed by atoms with van der Waals surface area (Å²) < 4.78 is 39.8. The van der Waals surface area contributed by atoms with Gasteiger partial charge in [0.1, 0.15) is 0 Å². The van der Waals surface area contributed by atoms with E-state index in [-0.39, 0.29) is 5.97 Å². The summed E-state index contributed by atoms with van der Waals surface area (Å²) in [6.07, 6.45) is 29.0. The van der Waals surface area contributed by atoms with Crippen LogP contribution in [-0.2, 0) is 4.74 Å². The molecule has 75 heavy (non-hydrogen) atoms. The van der Waals surface area contributed by atoms with Gasteiger partial charge in [-0.05, 0) is 85.8 Å². The first kappa shape index (κ1) is 55.4. The Hall–Kier alpha value is -4.35. The van der Waals surface area contributed by atoms with Gasteiger partial charge in [0.05, 0.1) is 43.3 Å². The summed E-state index contributed by atoms with van der Waals surface area (Å²) >= 11 is 7.10. The number of hydrogen-bond acceptors (Lipinski definition) is 10. The smallest absolute Gasteiger partial charge is 0.339 e. The molecule has 0 aliphatic carbocycles. The molecule has 0 aliphatic heterocycles. The minimum atomic E-state index is -0.282. The molecule has 0 spiro atoms. The molecule has 0 aliphatic rings. The van der Waals surface area contributed by atoms with Crippen LogP contribution < -0.4 is 18.9 Å². The van der Waals surface area contributed by atoms with Gasteiger partial charge in [-0.2, -0.15) is 0 Å². The highest BCUT2D eigenvalue weighted by atomic mass is 32.1. The van der Waals surface area contributed by atoms with Crippen molar-refractivity contribution in [2.75, 3.05) is 33.0 Å². The number of hydrogen-bond donors (Lipinski definition) is 0. The normalized spacial score (nSPS) is 12.1. The molecule has 4 aromatic heterocycles. The highest BCUT2D eigenvalue weighted by Crippen LogP contribution is 2.55. The van der Waals surface area contributed by atoms with Crippen LogP contribution in [0.5, 0.6) is 23.0 Å². The number of esters is 1. The molecule has 0 fully saturated rings. The molecular formula is C65H82O6S4. The number of rotatable bonds is 34. The third-order valence-corrected chi connectivity index (χ3v) is 19.5. The van der Waals surface area contributed by atoms with Gasteiger partial charge in [-0.25, -0.2) is 4.79 Å². The molecule has 0 saturated carbocycles. The standard InChI is InChI=1S/C65H82O6S4/c1-6-11-15-19-23-27-33-68-51-39-46-48(41-53(51)70-35-29-25-21-17-13-8-3)62-56(44-31-37-72-60(44)46)58-55(74-62)43-50(65(66)67-10-5)64-59(58)57-45-32-38-73-61(45)47-40-52(69-34-28-24-20-16-12-7-2)54(42-49(47)63(57)75-64)71-36-30-26-22-18-14-9-4/h31-32,37-43H,6-30,33-36H2,1-5H3. The van der Waals surface area contributed by atoms with Gasteiger partial charge in [-0.3, -0.25) is 0 Å². The average molecular weight is 1090 g/mol. The van der Waals surface area contributed by atoms with Crippen LogP contribution in [0.25, 0.3) is 82.1 Å². The van der Waals surface area contributed by atoms with Crippen LogP contribution >= 0.6 is 45.3 Å². The van der Waals surface area contributed by atoms with E-state index in [1.54, 1.807) is 45.3 Å². The summed E-state index contributed by atoms with van der Waals surface area (Å²) in [4.78, 5) is 14.4. The topological polar surface area (TPSA) is 63.2 Å². The predicted molar refractivity (Wildman–Crippen MR) is 329 cm³/mol. The third kappa shape index (κ3) is 12.7. The maximum Gasteiger partial charge on any atom is 0.339 e. The van der Waals surface area contributed by atoms with Crippen LogP contribution in [0.4, 0.5) is 0 Å². The Morgan fingerprint density at radius 1 is 0.373 bits per heavy atom. The number of thiophene rings is 4. The Morgan fingerprint density at radius 3 is 1.13 bits per heavy atom. The van der Waals surface area contributed by atoms with Gasteiger partial charge in [0.2, 0.25) is 0 Å². The molecule has 0 amide bonds. The molecule has 9 aromatic rings. The van der Waals surface area contributed by atoms with E-state index in [2.05, 4.69) is 80.9 Å². The average Bonchev–Trinajstić information content (AvgIpc) is 4.27. The summed E-state index contributed by atoms with van der Waals surface area (Å²) in [6.45, 7) is 13.9. The Bertz CT molecular complexity index is 3300. The number of unbranched alkanes of at least 4 members (excludes halogenated alkanes) is 20. The molecule has 0 bridgehead atoms. The van der Waals surface area contributed by atoms with Crippen molar-refractivity contribution in [2.24, 2.45) is 0 Å². The lowest BCUT2D eigenvalue weighted by Gasteiger charge is -2.16. The minimum Gasteiger partial charge on any atom is -0.490 e. The summed E-state index contributed by atoms with van der Waals surface area (Å²) in [7, 11) is 0. The van der Waals surface area contributed by atoms with Gasteiger partial charge >= 0.3 is 5.97 Å². The van der Waals surface area contributed by atoms with E-state index < -0.39 is 0 Å². The van der Waals surface area contributed by atoms with Crippen molar-refractivity contribution in [3.63, 3.8) is 0 Å². The first-order valence-electron chi connectivity index (χ1n) is 29.3. The molecule has 9 rings (SSSR count). The van der Waals surface area contributed by atoms with Crippen molar-refractivity contribution in [2.45, 2.75) is 189 Å². The van der Waals surface area contributed by atoms with E-state index in [0.717, 1.165) is 80.0 Å². The second-order valence-corrected chi connectivity index (χ2v) is 24.7. The van der Waals surface area contributed by atoms with Crippen LogP contribution in [0, 0.1) is 0 Å². The molecule has 0 atom stereocenters. The highest BCUT2D eigenvalue weighted by molar-refractivity contribution is 7.30. The van der Waals surface area contributed by atoms with E-state index in [9.17, 15) is 4.79 Å². The fourth-order valence-electron chi connectivity index (χ4n) is 11.1. The van der Waals surface area contributed by atoms with Gasteiger partial charge < -0.3 is 23.7 Å².